The predicted molar refractivity (Wildman–Crippen MR) is 74.4 cm³/mol. The second-order valence-corrected chi connectivity index (χ2v) is 5.24. The Labute approximate surface area is 108 Å². The van der Waals surface area contributed by atoms with E-state index in [0.717, 1.165) is 18.8 Å². The summed E-state index contributed by atoms with van der Waals surface area (Å²) in [5.74, 6) is 0.362. The molecule has 4 nitrogen and oxygen atoms in total. The average Bonchev–Trinajstić information content (AvgIpc) is 2.34. The zero-order valence-electron chi connectivity index (χ0n) is 10.8. The van der Waals surface area contributed by atoms with Crippen LogP contribution in [0.3, 0.4) is 0 Å². The number of amides is 1. The van der Waals surface area contributed by atoms with Crippen LogP contribution in [0, 0.1) is 5.92 Å². The summed E-state index contributed by atoms with van der Waals surface area (Å²) in [4.78, 5) is 11.4. The second kappa shape index (κ2) is 5.29. The molecule has 0 spiro atoms. The summed E-state index contributed by atoms with van der Waals surface area (Å²) in [6, 6.07) is 5.65. The minimum Gasteiger partial charge on any atom is -0.397 e. The van der Waals surface area contributed by atoms with Gasteiger partial charge in [-0.25, -0.2) is 0 Å². The minimum absolute atomic E-state index is 0.393. The Bertz CT molecular complexity index is 437. The van der Waals surface area contributed by atoms with Crippen molar-refractivity contribution in [3.63, 3.8) is 0 Å². The van der Waals surface area contributed by atoms with Gasteiger partial charge in [0.15, 0.2) is 0 Å². The first-order valence-electron chi connectivity index (χ1n) is 6.52. The Kier molecular flexibility index (Phi) is 3.75. The van der Waals surface area contributed by atoms with Gasteiger partial charge in [0.2, 0.25) is 0 Å². The highest BCUT2D eigenvalue weighted by atomic mass is 16.1. The van der Waals surface area contributed by atoms with E-state index >= 15 is 0 Å². The molecule has 1 fully saturated rings. The molecule has 18 heavy (non-hydrogen) atoms. The first kappa shape index (κ1) is 12.7. The highest BCUT2D eigenvalue weighted by molar-refractivity contribution is 6.01. The molecule has 0 atom stereocenters. The van der Waals surface area contributed by atoms with E-state index in [4.69, 9.17) is 11.5 Å². The largest absolute Gasteiger partial charge is 0.397 e. The zero-order chi connectivity index (χ0) is 13.1. The molecule has 0 aliphatic heterocycles. The lowest BCUT2D eigenvalue weighted by atomic mass is 9.87. The van der Waals surface area contributed by atoms with E-state index in [9.17, 15) is 4.79 Å². The molecule has 2 rings (SSSR count). The minimum atomic E-state index is -0.436. The van der Waals surface area contributed by atoms with Crippen LogP contribution >= 0.6 is 0 Å². The summed E-state index contributed by atoms with van der Waals surface area (Å²) in [5.41, 5.74) is 13.1. The number of anilines is 2. The van der Waals surface area contributed by atoms with Crippen LogP contribution in [0.5, 0.6) is 0 Å². The quantitative estimate of drug-likeness (QED) is 0.717. The maximum Gasteiger partial charge on any atom is 0.250 e. The van der Waals surface area contributed by atoms with Gasteiger partial charge >= 0.3 is 0 Å². The third-order valence-corrected chi connectivity index (χ3v) is 3.73. The van der Waals surface area contributed by atoms with Crippen LogP contribution in [-0.2, 0) is 0 Å². The topological polar surface area (TPSA) is 81.1 Å². The smallest absolute Gasteiger partial charge is 0.250 e. The summed E-state index contributed by atoms with van der Waals surface area (Å²) < 4.78 is 0. The molecule has 0 aromatic heterocycles. The maximum atomic E-state index is 11.4. The van der Waals surface area contributed by atoms with E-state index in [1.165, 1.54) is 12.8 Å². The first-order chi connectivity index (χ1) is 8.58. The lowest BCUT2D eigenvalue weighted by Gasteiger charge is -2.28. The highest BCUT2D eigenvalue weighted by Crippen LogP contribution is 2.30. The van der Waals surface area contributed by atoms with Gasteiger partial charge in [0.05, 0.1) is 16.9 Å². The molecule has 0 bridgehead atoms. The van der Waals surface area contributed by atoms with Crippen molar-refractivity contribution in [1.29, 1.82) is 0 Å². The number of benzene rings is 1. The molecule has 1 aliphatic rings. The van der Waals surface area contributed by atoms with Gasteiger partial charge < -0.3 is 16.8 Å². The molecule has 98 valence electrons. The standard InChI is InChI=1S/C14H21N3O/c1-9-5-7-10(8-6-9)17-13-11(14(16)18)3-2-4-12(13)15/h2-4,9-10,17H,5-8,15H2,1H3,(H2,16,18). The molecule has 4 heteroatoms. The van der Waals surface area contributed by atoms with Crippen LogP contribution in [-0.4, -0.2) is 11.9 Å². The number of primary amides is 1. The van der Waals surface area contributed by atoms with Gasteiger partial charge in [0.1, 0.15) is 0 Å². The van der Waals surface area contributed by atoms with Gasteiger partial charge in [-0.1, -0.05) is 13.0 Å². The summed E-state index contributed by atoms with van der Waals surface area (Å²) in [5, 5.41) is 3.39. The molecular formula is C14H21N3O. The molecule has 1 aromatic rings. The van der Waals surface area contributed by atoms with Crippen LogP contribution in [0.25, 0.3) is 0 Å². The molecule has 0 saturated heterocycles. The van der Waals surface area contributed by atoms with Gasteiger partial charge in [-0.05, 0) is 43.7 Å². The summed E-state index contributed by atoms with van der Waals surface area (Å²) in [6.07, 6.45) is 4.67. The van der Waals surface area contributed by atoms with Gasteiger partial charge in [-0.3, -0.25) is 4.79 Å². The van der Waals surface area contributed by atoms with Crippen molar-refractivity contribution in [2.24, 2.45) is 11.7 Å². The number of para-hydroxylation sites is 1. The van der Waals surface area contributed by atoms with Crippen molar-refractivity contribution < 1.29 is 4.79 Å². The van der Waals surface area contributed by atoms with Gasteiger partial charge in [-0.15, -0.1) is 0 Å². The number of hydrogen-bond acceptors (Lipinski definition) is 3. The molecule has 0 heterocycles. The van der Waals surface area contributed by atoms with Crippen LogP contribution in [0.1, 0.15) is 43.0 Å². The highest BCUT2D eigenvalue weighted by Gasteiger charge is 2.20. The van der Waals surface area contributed by atoms with Crippen LogP contribution < -0.4 is 16.8 Å². The average molecular weight is 247 g/mol. The number of carbonyl (C=O) groups excluding carboxylic acids is 1. The van der Waals surface area contributed by atoms with E-state index < -0.39 is 5.91 Å². The monoisotopic (exact) mass is 247 g/mol. The van der Waals surface area contributed by atoms with Crippen molar-refractivity contribution >= 4 is 17.3 Å². The SMILES string of the molecule is CC1CCC(Nc2c(N)cccc2C(N)=O)CC1. The number of carbonyl (C=O) groups is 1. The molecule has 1 amide bonds. The number of nitrogens with two attached hydrogens (primary N) is 2. The Hall–Kier alpha value is -1.71. The molecule has 1 aliphatic carbocycles. The fourth-order valence-electron chi connectivity index (χ4n) is 2.55. The Morgan fingerprint density at radius 3 is 2.56 bits per heavy atom. The Balaban J connectivity index is 2.15. The summed E-state index contributed by atoms with van der Waals surface area (Å²) in [7, 11) is 0. The third kappa shape index (κ3) is 2.75. The second-order valence-electron chi connectivity index (χ2n) is 5.24. The van der Waals surface area contributed by atoms with Crippen molar-refractivity contribution in [3.8, 4) is 0 Å². The first-order valence-corrected chi connectivity index (χ1v) is 6.52. The molecule has 5 N–H and O–H groups in total. The Morgan fingerprint density at radius 2 is 1.94 bits per heavy atom. The number of nitrogens with one attached hydrogen (secondary N) is 1. The van der Waals surface area contributed by atoms with E-state index in [2.05, 4.69) is 12.2 Å². The summed E-state index contributed by atoms with van der Waals surface area (Å²) in [6.45, 7) is 2.28. The fourth-order valence-corrected chi connectivity index (χ4v) is 2.55. The van der Waals surface area contributed by atoms with Crippen molar-refractivity contribution in [3.05, 3.63) is 23.8 Å². The van der Waals surface area contributed by atoms with E-state index in [1.54, 1.807) is 18.2 Å². The lowest BCUT2D eigenvalue weighted by molar-refractivity contribution is 0.100. The Morgan fingerprint density at radius 1 is 1.28 bits per heavy atom. The predicted octanol–water partition coefficient (Wildman–Crippen LogP) is 2.36. The molecule has 1 aromatic carbocycles. The number of nitrogen functional groups attached to an aromatic ring is 1. The van der Waals surface area contributed by atoms with E-state index in [1.807, 2.05) is 0 Å². The lowest BCUT2D eigenvalue weighted by Crippen LogP contribution is -2.27. The third-order valence-electron chi connectivity index (χ3n) is 3.73. The van der Waals surface area contributed by atoms with Crippen LogP contribution in [0.15, 0.2) is 18.2 Å². The number of hydrogen-bond donors (Lipinski definition) is 3. The van der Waals surface area contributed by atoms with Crippen molar-refractivity contribution in [2.45, 2.75) is 38.6 Å². The molecular weight excluding hydrogens is 226 g/mol. The van der Waals surface area contributed by atoms with Gasteiger partial charge in [-0.2, -0.15) is 0 Å². The summed E-state index contributed by atoms with van der Waals surface area (Å²) >= 11 is 0. The van der Waals surface area contributed by atoms with Crippen molar-refractivity contribution in [2.75, 3.05) is 11.1 Å². The van der Waals surface area contributed by atoms with Gasteiger partial charge in [0.25, 0.3) is 5.91 Å². The van der Waals surface area contributed by atoms with E-state index in [0.29, 0.717) is 23.0 Å². The zero-order valence-corrected chi connectivity index (χ0v) is 10.8. The van der Waals surface area contributed by atoms with Crippen LogP contribution in [0.4, 0.5) is 11.4 Å². The van der Waals surface area contributed by atoms with Crippen molar-refractivity contribution in [1.82, 2.24) is 0 Å². The maximum absolute atomic E-state index is 11.4. The van der Waals surface area contributed by atoms with E-state index in [-0.39, 0.29) is 0 Å². The normalized spacial score (nSPS) is 23.6. The molecule has 0 unspecified atom stereocenters. The molecule has 0 radical (unpaired) electrons. The van der Waals surface area contributed by atoms with Gasteiger partial charge in [0, 0.05) is 6.04 Å². The molecule has 1 saturated carbocycles. The number of rotatable bonds is 3. The fraction of sp³-hybridized carbons (Fsp3) is 0.500. The van der Waals surface area contributed by atoms with Crippen LogP contribution in [0.2, 0.25) is 0 Å².